The molecule has 3 aliphatic heterocycles. The van der Waals surface area contributed by atoms with Crippen molar-refractivity contribution in [3.63, 3.8) is 0 Å². The highest BCUT2D eigenvalue weighted by atomic mass is 16.5. The van der Waals surface area contributed by atoms with Gasteiger partial charge in [0.05, 0.1) is 0 Å². The monoisotopic (exact) mass is 704 g/mol. The average molecular weight is 705 g/mol. The van der Waals surface area contributed by atoms with E-state index in [0.29, 0.717) is 25.7 Å². The molecule has 0 bridgehead atoms. The highest BCUT2D eigenvalue weighted by Crippen LogP contribution is 2.23. The molecule has 3 N–H and O–H groups in total. The fourth-order valence-electron chi connectivity index (χ4n) is 6.38. The van der Waals surface area contributed by atoms with Crippen LogP contribution >= 0.6 is 0 Å². The van der Waals surface area contributed by atoms with E-state index in [9.17, 15) is 33.6 Å². The average Bonchev–Trinajstić information content (AvgIpc) is 3.82. The van der Waals surface area contributed by atoms with Crippen molar-refractivity contribution in [2.75, 3.05) is 26.7 Å². The molecule has 4 rings (SSSR count). The maximum absolute atomic E-state index is 14.2. The van der Waals surface area contributed by atoms with Gasteiger partial charge in [-0.2, -0.15) is 0 Å². The Morgan fingerprint density at radius 2 is 1.55 bits per heavy atom. The van der Waals surface area contributed by atoms with Crippen molar-refractivity contribution < 1.29 is 38.3 Å². The molecule has 6 atom stereocenters. The Morgan fingerprint density at radius 1 is 0.902 bits per heavy atom. The fraction of sp³-hybridized carbons (Fsp3) is 0.486. The number of cyclic esters (lactones) is 1. The summed E-state index contributed by atoms with van der Waals surface area (Å²) in [6, 6.07) is 2.64. The Morgan fingerprint density at radius 3 is 2.24 bits per heavy atom. The minimum absolute atomic E-state index is 0.0915. The van der Waals surface area contributed by atoms with E-state index in [2.05, 4.69) is 16.0 Å². The van der Waals surface area contributed by atoms with Gasteiger partial charge in [0.15, 0.2) is 0 Å². The number of benzene rings is 1. The van der Waals surface area contributed by atoms with Gasteiger partial charge in [0.1, 0.15) is 42.9 Å². The van der Waals surface area contributed by atoms with Crippen LogP contribution in [0.25, 0.3) is 0 Å². The van der Waals surface area contributed by atoms with Gasteiger partial charge in [-0.15, -0.1) is 0 Å². The number of fused-ring (bicyclic) bond motifs is 2. The number of esters is 1. The van der Waals surface area contributed by atoms with Gasteiger partial charge < -0.3 is 35.4 Å². The van der Waals surface area contributed by atoms with Crippen LogP contribution in [0.1, 0.15) is 52.0 Å². The fourth-order valence-corrected chi connectivity index (χ4v) is 6.38. The lowest BCUT2D eigenvalue weighted by molar-refractivity contribution is -0.158. The molecule has 274 valence electrons. The Hall–Kier alpha value is -5.27. The number of allylic oxidation sites excluding steroid dienone is 5. The number of carbonyl (C=O) groups is 7. The van der Waals surface area contributed by atoms with Crippen molar-refractivity contribution in [2.45, 2.75) is 89.1 Å². The van der Waals surface area contributed by atoms with Gasteiger partial charge in [0, 0.05) is 32.6 Å². The zero-order valence-electron chi connectivity index (χ0n) is 29.6. The molecule has 3 fully saturated rings. The summed E-state index contributed by atoms with van der Waals surface area (Å²) in [5.41, 5.74) is 0.747. The van der Waals surface area contributed by atoms with Crippen molar-refractivity contribution in [2.24, 2.45) is 0 Å². The van der Waals surface area contributed by atoms with Crippen LogP contribution in [0.5, 0.6) is 0 Å². The molecule has 1 aromatic rings. The molecule has 0 radical (unpaired) electrons. The molecule has 51 heavy (non-hydrogen) atoms. The smallest absolute Gasteiger partial charge is 0.328 e. The predicted octanol–water partition coefficient (Wildman–Crippen LogP) is 0.778. The summed E-state index contributed by atoms with van der Waals surface area (Å²) in [6.07, 6.45) is 11.6. The summed E-state index contributed by atoms with van der Waals surface area (Å²) in [5.74, 6) is -4.19. The van der Waals surface area contributed by atoms with Crippen LogP contribution in [-0.4, -0.2) is 119 Å². The van der Waals surface area contributed by atoms with E-state index in [0.717, 1.165) is 5.56 Å². The number of nitrogens with one attached hydrogen (secondary N) is 3. The van der Waals surface area contributed by atoms with Crippen molar-refractivity contribution in [3.8, 4) is 0 Å². The largest absolute Gasteiger partial charge is 0.461 e. The molecule has 0 aromatic heterocycles. The minimum atomic E-state index is -1.42. The number of rotatable bonds is 8. The lowest BCUT2D eigenvalue weighted by Gasteiger charge is -2.34. The van der Waals surface area contributed by atoms with Gasteiger partial charge in [-0.1, -0.05) is 60.7 Å². The number of likely N-dealkylation sites (N-methyl/N-ethyl adjacent to an activating group) is 1. The molecule has 3 saturated heterocycles. The Labute approximate surface area is 298 Å². The number of amides is 6. The van der Waals surface area contributed by atoms with E-state index in [-0.39, 0.29) is 19.5 Å². The SMILES string of the molecule is C/C=C/C=C/C=C/C(=O)NC(Cc1ccccc1)C(=O)NC1COC(=O)C2CCCN2C(=O)C(C)NC(=O)C(C)N(C)C(=O)C2CCCN2C1=O. The third-order valence-corrected chi connectivity index (χ3v) is 9.36. The maximum atomic E-state index is 14.2. The summed E-state index contributed by atoms with van der Waals surface area (Å²) in [5, 5.41) is 8.05. The number of ether oxygens (including phenoxy) is 1. The lowest BCUT2D eigenvalue weighted by atomic mass is 10.0. The number of carbonyl (C=O) groups excluding carboxylic acids is 7. The highest BCUT2D eigenvalue weighted by Gasteiger charge is 2.43. The van der Waals surface area contributed by atoms with E-state index in [1.165, 1.54) is 47.7 Å². The van der Waals surface area contributed by atoms with Crippen LogP contribution in [0, 0.1) is 0 Å². The molecule has 14 heteroatoms. The van der Waals surface area contributed by atoms with Crippen LogP contribution in [0.4, 0.5) is 0 Å². The van der Waals surface area contributed by atoms with E-state index < -0.39 is 84.3 Å². The molecule has 14 nitrogen and oxygen atoms in total. The van der Waals surface area contributed by atoms with Crippen LogP contribution in [-0.2, 0) is 44.7 Å². The first-order valence-corrected chi connectivity index (χ1v) is 17.4. The summed E-state index contributed by atoms with van der Waals surface area (Å²) in [7, 11) is 1.46. The standard InChI is InChI=1S/C37H48N6O8/c1-5-6-7-8-12-19-31(44)39-27(22-26-15-10-9-11-16-26)33(46)40-28-23-51-37(50)30-18-14-21-43(30)34(47)24(2)38-32(45)25(3)41(4)36(49)29-17-13-20-42(29)35(28)48/h5-12,15-16,19,24-25,27-30H,13-14,17-18,20-23H2,1-4H3,(H,38,45)(H,39,44)(H,40,46)/b6-5+,8-7+,19-12+. The van der Waals surface area contributed by atoms with Crippen molar-refractivity contribution in [1.82, 2.24) is 30.7 Å². The zero-order chi connectivity index (χ0) is 37.1. The molecule has 3 heterocycles. The normalized spacial score (nSPS) is 26.0. The van der Waals surface area contributed by atoms with Crippen LogP contribution in [0.3, 0.4) is 0 Å². The van der Waals surface area contributed by atoms with Gasteiger partial charge in [-0.3, -0.25) is 28.8 Å². The molecular weight excluding hydrogens is 656 g/mol. The first-order valence-electron chi connectivity index (χ1n) is 17.4. The summed E-state index contributed by atoms with van der Waals surface area (Å²) < 4.78 is 5.63. The molecule has 3 aliphatic rings. The number of nitrogens with zero attached hydrogens (tertiary/aromatic N) is 3. The highest BCUT2D eigenvalue weighted by molar-refractivity contribution is 5.98. The number of hydrogen-bond donors (Lipinski definition) is 3. The molecule has 0 spiro atoms. The molecule has 6 amide bonds. The molecule has 0 aliphatic carbocycles. The van der Waals surface area contributed by atoms with Crippen LogP contribution in [0.15, 0.2) is 66.8 Å². The topological polar surface area (TPSA) is 175 Å². The van der Waals surface area contributed by atoms with Crippen LogP contribution < -0.4 is 16.0 Å². The van der Waals surface area contributed by atoms with Gasteiger partial charge in [0.2, 0.25) is 35.4 Å². The number of hydrogen-bond acceptors (Lipinski definition) is 8. The van der Waals surface area contributed by atoms with Crippen LogP contribution in [0.2, 0.25) is 0 Å². The summed E-state index contributed by atoms with van der Waals surface area (Å²) in [6.45, 7) is 4.80. The van der Waals surface area contributed by atoms with Gasteiger partial charge in [0.25, 0.3) is 0 Å². The first-order chi connectivity index (χ1) is 24.4. The minimum Gasteiger partial charge on any atom is -0.461 e. The van der Waals surface area contributed by atoms with E-state index in [1.807, 2.05) is 19.1 Å². The molecule has 0 saturated carbocycles. The van der Waals surface area contributed by atoms with Crippen molar-refractivity contribution in [3.05, 3.63) is 72.4 Å². The Balaban J connectivity index is 1.64. The van der Waals surface area contributed by atoms with Gasteiger partial charge in [-0.05, 0) is 52.0 Å². The zero-order valence-corrected chi connectivity index (χ0v) is 29.6. The van der Waals surface area contributed by atoms with E-state index in [4.69, 9.17) is 4.74 Å². The molecule has 1 aromatic carbocycles. The second kappa shape index (κ2) is 18.1. The second-order valence-electron chi connectivity index (χ2n) is 12.9. The Kier molecular flexibility index (Phi) is 13.7. The quantitative estimate of drug-likeness (QED) is 0.202. The van der Waals surface area contributed by atoms with Crippen molar-refractivity contribution >= 4 is 41.4 Å². The Bertz CT molecular complexity index is 1560. The summed E-state index contributed by atoms with van der Waals surface area (Å²) >= 11 is 0. The third kappa shape index (κ3) is 9.92. The van der Waals surface area contributed by atoms with Gasteiger partial charge >= 0.3 is 5.97 Å². The van der Waals surface area contributed by atoms with Crippen molar-refractivity contribution in [1.29, 1.82) is 0 Å². The molecular formula is C37H48N6O8. The van der Waals surface area contributed by atoms with E-state index in [1.54, 1.807) is 42.5 Å². The summed E-state index contributed by atoms with van der Waals surface area (Å²) in [4.78, 5) is 98.6. The second-order valence-corrected chi connectivity index (χ2v) is 12.9. The molecule has 6 unspecified atom stereocenters. The lowest BCUT2D eigenvalue weighted by Crippen LogP contribution is -2.60. The van der Waals surface area contributed by atoms with E-state index >= 15 is 0 Å². The maximum Gasteiger partial charge on any atom is 0.328 e. The third-order valence-electron chi connectivity index (χ3n) is 9.36. The predicted molar refractivity (Wildman–Crippen MR) is 187 cm³/mol. The van der Waals surface area contributed by atoms with Gasteiger partial charge in [-0.25, -0.2) is 4.79 Å². The first kappa shape index (κ1) is 38.5.